The van der Waals surface area contributed by atoms with Gasteiger partial charge < -0.3 is 5.32 Å². The molecule has 0 aromatic rings. The molecule has 1 rings (SSSR count). The summed E-state index contributed by atoms with van der Waals surface area (Å²) >= 11 is 5.99. The molecular weight excluding hydrogens is 198 g/mol. The summed E-state index contributed by atoms with van der Waals surface area (Å²) in [6, 6.07) is 0.384. The van der Waals surface area contributed by atoms with Crippen LogP contribution in [0.5, 0.6) is 0 Å². The lowest BCUT2D eigenvalue weighted by atomic mass is 9.95. The first-order valence-electron chi connectivity index (χ1n) is 5.65. The summed E-state index contributed by atoms with van der Waals surface area (Å²) in [6.07, 6.45) is 6.94. The molecule has 0 saturated heterocycles. The predicted octanol–water partition coefficient (Wildman–Crippen LogP) is 2.84. The Hall–Kier alpha value is -0.240. The van der Waals surface area contributed by atoms with Crippen molar-refractivity contribution in [1.29, 1.82) is 0 Å². The van der Waals surface area contributed by atoms with E-state index in [1.54, 1.807) is 0 Å². The third-order valence-corrected chi connectivity index (χ3v) is 3.22. The Morgan fingerprint density at radius 2 is 2.00 bits per heavy atom. The van der Waals surface area contributed by atoms with Crippen LogP contribution in [0, 0.1) is 0 Å². The molecule has 0 aromatic heterocycles. The molecule has 0 radical (unpaired) electrons. The second-order valence-electron chi connectivity index (χ2n) is 4.12. The number of halogens is 1. The Bertz CT molecular complexity index is 176. The van der Waals surface area contributed by atoms with Gasteiger partial charge in [0.1, 0.15) is 0 Å². The maximum Gasteiger partial charge on any atom is 0.220 e. The summed E-state index contributed by atoms with van der Waals surface area (Å²) in [5, 5.41) is 3.41. The van der Waals surface area contributed by atoms with Crippen molar-refractivity contribution < 1.29 is 4.79 Å². The maximum absolute atomic E-state index is 11.4. The van der Waals surface area contributed by atoms with Gasteiger partial charge in [-0.15, -0.1) is 11.6 Å². The highest BCUT2D eigenvalue weighted by molar-refractivity contribution is 6.20. The second-order valence-corrected chi connectivity index (χ2v) is 4.74. The van der Waals surface area contributed by atoms with Gasteiger partial charge in [0.15, 0.2) is 0 Å². The van der Waals surface area contributed by atoms with Crippen molar-refractivity contribution in [1.82, 2.24) is 5.32 Å². The number of carbonyl (C=O) groups excluding carboxylic acids is 1. The lowest BCUT2D eigenvalue weighted by Crippen LogP contribution is -2.37. The minimum atomic E-state index is 0.213. The molecule has 14 heavy (non-hydrogen) atoms. The topological polar surface area (TPSA) is 29.1 Å². The largest absolute Gasteiger partial charge is 0.353 e. The molecule has 0 aromatic carbocycles. The van der Waals surface area contributed by atoms with E-state index >= 15 is 0 Å². The minimum Gasteiger partial charge on any atom is -0.353 e. The molecule has 1 saturated carbocycles. The fourth-order valence-electron chi connectivity index (χ4n) is 1.83. The number of nitrogens with one attached hydrogen (secondary N) is 1. The van der Waals surface area contributed by atoms with Crippen LogP contribution in [0.2, 0.25) is 0 Å². The van der Waals surface area contributed by atoms with E-state index in [1.807, 2.05) is 0 Å². The average molecular weight is 218 g/mol. The van der Waals surface area contributed by atoms with Crippen LogP contribution in [-0.2, 0) is 4.79 Å². The lowest BCUT2D eigenvalue weighted by Gasteiger charge is -2.25. The van der Waals surface area contributed by atoms with E-state index in [9.17, 15) is 4.79 Å². The van der Waals surface area contributed by atoms with Gasteiger partial charge in [-0.25, -0.2) is 0 Å². The number of amides is 1. The van der Waals surface area contributed by atoms with Gasteiger partial charge in [0.05, 0.1) is 0 Å². The van der Waals surface area contributed by atoms with Crippen LogP contribution in [-0.4, -0.2) is 17.3 Å². The van der Waals surface area contributed by atoms with Crippen molar-refractivity contribution in [2.75, 3.05) is 0 Å². The number of carbonyl (C=O) groups is 1. The monoisotopic (exact) mass is 217 g/mol. The number of hydrogen-bond acceptors (Lipinski definition) is 1. The normalized spacial score (nSPS) is 27.3. The van der Waals surface area contributed by atoms with Gasteiger partial charge in [-0.1, -0.05) is 13.3 Å². The molecule has 0 heterocycles. The molecule has 82 valence electrons. The van der Waals surface area contributed by atoms with Gasteiger partial charge in [-0.3, -0.25) is 4.79 Å². The van der Waals surface area contributed by atoms with Crippen molar-refractivity contribution in [2.24, 2.45) is 0 Å². The maximum atomic E-state index is 11.4. The van der Waals surface area contributed by atoms with E-state index in [4.69, 9.17) is 11.6 Å². The molecule has 1 fully saturated rings. The fraction of sp³-hybridized carbons (Fsp3) is 0.909. The summed E-state index contributed by atoms with van der Waals surface area (Å²) in [6.45, 7) is 2.10. The van der Waals surface area contributed by atoms with Crippen LogP contribution in [0.4, 0.5) is 0 Å². The summed E-state index contributed by atoms with van der Waals surface area (Å²) in [5.41, 5.74) is 0. The third-order valence-electron chi connectivity index (χ3n) is 2.78. The third kappa shape index (κ3) is 4.32. The summed E-state index contributed by atoms with van der Waals surface area (Å²) in [4.78, 5) is 11.4. The molecule has 1 aliphatic carbocycles. The molecule has 0 unspecified atom stereocenters. The summed E-state index contributed by atoms with van der Waals surface area (Å²) in [5.74, 6) is 0.213. The van der Waals surface area contributed by atoms with E-state index in [2.05, 4.69) is 12.2 Å². The van der Waals surface area contributed by atoms with Crippen molar-refractivity contribution in [3.8, 4) is 0 Å². The van der Waals surface area contributed by atoms with E-state index in [-0.39, 0.29) is 5.91 Å². The standard InChI is InChI=1S/C11H20ClNO/c1-2-3-4-11(14)13-10-7-5-9(12)6-8-10/h9-10H,2-8H2,1H3,(H,13,14). The van der Waals surface area contributed by atoms with Crippen LogP contribution < -0.4 is 5.32 Å². The fourth-order valence-corrected chi connectivity index (χ4v) is 2.09. The quantitative estimate of drug-likeness (QED) is 0.721. The van der Waals surface area contributed by atoms with Crippen LogP contribution in [0.15, 0.2) is 0 Å². The Labute approximate surface area is 91.4 Å². The van der Waals surface area contributed by atoms with Crippen LogP contribution in [0.3, 0.4) is 0 Å². The molecule has 1 N–H and O–H groups in total. The molecule has 1 aliphatic rings. The summed E-state index contributed by atoms with van der Waals surface area (Å²) < 4.78 is 0. The average Bonchev–Trinajstić information content (AvgIpc) is 2.18. The lowest BCUT2D eigenvalue weighted by molar-refractivity contribution is -0.122. The molecule has 0 spiro atoms. The first-order chi connectivity index (χ1) is 6.72. The molecule has 0 atom stereocenters. The number of alkyl halides is 1. The van der Waals surface area contributed by atoms with E-state index in [1.165, 1.54) is 0 Å². The Morgan fingerprint density at radius 1 is 1.36 bits per heavy atom. The zero-order chi connectivity index (χ0) is 10.4. The van der Waals surface area contributed by atoms with Gasteiger partial charge in [0.25, 0.3) is 0 Å². The van der Waals surface area contributed by atoms with Crippen molar-refractivity contribution in [2.45, 2.75) is 63.3 Å². The highest BCUT2D eigenvalue weighted by Gasteiger charge is 2.20. The Balaban J connectivity index is 2.14. The summed E-state index contributed by atoms with van der Waals surface area (Å²) in [7, 11) is 0. The van der Waals surface area contributed by atoms with Crippen molar-refractivity contribution in [3.63, 3.8) is 0 Å². The smallest absolute Gasteiger partial charge is 0.220 e. The van der Waals surface area contributed by atoms with Crippen molar-refractivity contribution >= 4 is 17.5 Å². The molecule has 3 heteroatoms. The van der Waals surface area contributed by atoms with Crippen LogP contribution >= 0.6 is 11.6 Å². The molecule has 0 aliphatic heterocycles. The van der Waals surface area contributed by atoms with Crippen molar-refractivity contribution in [3.05, 3.63) is 0 Å². The first kappa shape index (κ1) is 11.8. The van der Waals surface area contributed by atoms with Crippen LogP contribution in [0.1, 0.15) is 51.9 Å². The van der Waals surface area contributed by atoms with E-state index in [0.717, 1.165) is 38.5 Å². The van der Waals surface area contributed by atoms with Gasteiger partial charge in [0.2, 0.25) is 5.91 Å². The number of unbranched alkanes of at least 4 members (excludes halogenated alkanes) is 1. The van der Waals surface area contributed by atoms with E-state index in [0.29, 0.717) is 17.8 Å². The molecule has 0 bridgehead atoms. The van der Waals surface area contributed by atoms with Crippen LogP contribution in [0.25, 0.3) is 0 Å². The number of rotatable bonds is 4. The Morgan fingerprint density at radius 3 is 2.57 bits per heavy atom. The van der Waals surface area contributed by atoms with Gasteiger partial charge >= 0.3 is 0 Å². The number of hydrogen-bond donors (Lipinski definition) is 1. The zero-order valence-corrected chi connectivity index (χ0v) is 9.65. The first-order valence-corrected chi connectivity index (χ1v) is 6.09. The SMILES string of the molecule is CCCCC(=O)NC1CCC(Cl)CC1. The van der Waals surface area contributed by atoms with Gasteiger partial charge in [0, 0.05) is 17.8 Å². The van der Waals surface area contributed by atoms with E-state index < -0.39 is 0 Å². The molecule has 2 nitrogen and oxygen atoms in total. The molecule has 1 amide bonds. The highest BCUT2D eigenvalue weighted by Crippen LogP contribution is 2.22. The second kappa shape index (κ2) is 6.28. The minimum absolute atomic E-state index is 0.213. The Kier molecular flexibility index (Phi) is 5.31. The molecular formula is C11H20ClNO. The van der Waals surface area contributed by atoms with Gasteiger partial charge in [-0.05, 0) is 32.1 Å². The predicted molar refractivity (Wildman–Crippen MR) is 59.6 cm³/mol. The van der Waals surface area contributed by atoms with Gasteiger partial charge in [-0.2, -0.15) is 0 Å². The highest BCUT2D eigenvalue weighted by atomic mass is 35.5. The zero-order valence-electron chi connectivity index (χ0n) is 8.89.